The number of hydrogen-bond donors (Lipinski definition) is 1. The number of unbranched alkanes of at least 4 members (excludes halogenated alkanes) is 4. The fourth-order valence-corrected chi connectivity index (χ4v) is 2.79. The molecule has 0 fully saturated rings. The van der Waals surface area contributed by atoms with Crippen molar-refractivity contribution in [3.63, 3.8) is 0 Å². The summed E-state index contributed by atoms with van der Waals surface area (Å²) in [7, 11) is 0.516. The van der Waals surface area contributed by atoms with Gasteiger partial charge in [0.05, 0.1) is 39.5 Å². The lowest BCUT2D eigenvalue weighted by molar-refractivity contribution is -0.890. The standard InChI is InChI=1S/C16H31NO5S/c1-15(2)16(18)22-13-9-8-12-17(3,4)11-7-5-6-10-14-23(19,20)21/h1,5-14H2,2-4H3/p+1. The van der Waals surface area contributed by atoms with Gasteiger partial charge in [0.1, 0.15) is 0 Å². The van der Waals surface area contributed by atoms with Crippen LogP contribution in [0.5, 0.6) is 0 Å². The van der Waals surface area contributed by atoms with E-state index in [0.717, 1.165) is 49.7 Å². The fraction of sp³-hybridized carbons (Fsp3) is 0.812. The van der Waals surface area contributed by atoms with Crippen LogP contribution in [-0.4, -0.2) is 63.0 Å². The first-order valence-corrected chi connectivity index (χ1v) is 9.74. The smallest absolute Gasteiger partial charge is 0.333 e. The molecule has 0 aromatic rings. The molecule has 0 atom stereocenters. The van der Waals surface area contributed by atoms with Crippen molar-refractivity contribution in [3.05, 3.63) is 12.2 Å². The van der Waals surface area contributed by atoms with Gasteiger partial charge in [0.25, 0.3) is 10.1 Å². The second-order valence-electron chi connectivity index (χ2n) is 6.71. The molecule has 0 aromatic carbocycles. The Balaban J connectivity index is 3.65. The Bertz CT molecular complexity index is 471. The molecule has 0 aliphatic carbocycles. The molecule has 6 nitrogen and oxygen atoms in total. The zero-order valence-corrected chi connectivity index (χ0v) is 15.5. The van der Waals surface area contributed by atoms with Gasteiger partial charge in [-0.3, -0.25) is 4.55 Å². The van der Waals surface area contributed by atoms with Crippen molar-refractivity contribution in [1.82, 2.24) is 0 Å². The monoisotopic (exact) mass is 350 g/mol. The highest BCUT2D eigenvalue weighted by atomic mass is 32.2. The predicted octanol–water partition coefficient (Wildman–Crippen LogP) is 2.41. The first-order valence-electron chi connectivity index (χ1n) is 8.13. The third-order valence-corrected chi connectivity index (χ3v) is 4.46. The van der Waals surface area contributed by atoms with Crippen LogP contribution in [0.4, 0.5) is 0 Å². The second-order valence-corrected chi connectivity index (χ2v) is 8.28. The van der Waals surface area contributed by atoms with E-state index in [4.69, 9.17) is 9.29 Å². The van der Waals surface area contributed by atoms with E-state index in [1.165, 1.54) is 0 Å². The van der Waals surface area contributed by atoms with Crippen LogP contribution < -0.4 is 0 Å². The fourth-order valence-electron chi connectivity index (χ4n) is 2.22. The number of nitrogens with zero attached hydrogens (tertiary/aromatic N) is 1. The summed E-state index contributed by atoms with van der Waals surface area (Å²) in [5.74, 6) is -0.475. The Morgan fingerprint density at radius 2 is 1.57 bits per heavy atom. The number of carbonyl (C=O) groups is 1. The summed E-state index contributed by atoms with van der Waals surface area (Å²) >= 11 is 0. The molecule has 0 spiro atoms. The molecule has 0 heterocycles. The Morgan fingerprint density at radius 1 is 1.04 bits per heavy atom. The van der Waals surface area contributed by atoms with Gasteiger partial charge in [-0.2, -0.15) is 8.42 Å². The molecule has 0 aliphatic heterocycles. The summed E-state index contributed by atoms with van der Waals surface area (Å²) in [6.45, 7) is 7.64. The third kappa shape index (κ3) is 14.4. The number of ether oxygens (including phenoxy) is 1. The van der Waals surface area contributed by atoms with Crippen LogP contribution in [-0.2, 0) is 19.6 Å². The molecule has 0 amide bonds. The lowest BCUT2D eigenvalue weighted by Gasteiger charge is -2.30. The first-order chi connectivity index (χ1) is 10.5. The van der Waals surface area contributed by atoms with Gasteiger partial charge in [-0.15, -0.1) is 0 Å². The van der Waals surface area contributed by atoms with Crippen LogP contribution in [0.2, 0.25) is 0 Å². The van der Waals surface area contributed by atoms with Crippen LogP contribution in [0, 0.1) is 0 Å². The van der Waals surface area contributed by atoms with Gasteiger partial charge in [-0.1, -0.05) is 13.0 Å². The minimum atomic E-state index is -3.81. The summed E-state index contributed by atoms with van der Waals surface area (Å²) in [5, 5.41) is 0. The second kappa shape index (κ2) is 10.8. The molecule has 23 heavy (non-hydrogen) atoms. The molecule has 7 heteroatoms. The number of esters is 1. The van der Waals surface area contributed by atoms with Crippen LogP contribution in [0.3, 0.4) is 0 Å². The number of rotatable bonds is 13. The summed E-state index contributed by atoms with van der Waals surface area (Å²) < 4.78 is 35.8. The molecule has 1 N–H and O–H groups in total. The van der Waals surface area contributed by atoms with E-state index in [0.29, 0.717) is 18.6 Å². The molecule has 0 radical (unpaired) electrons. The van der Waals surface area contributed by atoms with Crippen LogP contribution in [0.1, 0.15) is 45.4 Å². The van der Waals surface area contributed by atoms with Crippen LogP contribution in [0.25, 0.3) is 0 Å². The predicted molar refractivity (Wildman–Crippen MR) is 91.7 cm³/mol. The Labute approximate surface area is 140 Å². The molecule has 0 saturated heterocycles. The lowest BCUT2D eigenvalue weighted by Crippen LogP contribution is -2.41. The van der Waals surface area contributed by atoms with Crippen molar-refractivity contribution >= 4 is 16.1 Å². The SMILES string of the molecule is C=C(C)C(=O)OCCCC[N+](C)(C)CCCCCCS(=O)(=O)O. The summed E-state index contributed by atoms with van der Waals surface area (Å²) in [5.41, 5.74) is 0.426. The van der Waals surface area contributed by atoms with E-state index < -0.39 is 10.1 Å². The van der Waals surface area contributed by atoms with Gasteiger partial charge < -0.3 is 9.22 Å². The summed E-state index contributed by atoms with van der Waals surface area (Å²) in [6.07, 6.45) is 5.15. The van der Waals surface area contributed by atoms with Gasteiger partial charge >= 0.3 is 5.97 Å². The van der Waals surface area contributed by atoms with E-state index in [9.17, 15) is 13.2 Å². The van der Waals surface area contributed by atoms with Crippen molar-refractivity contribution in [2.24, 2.45) is 0 Å². The van der Waals surface area contributed by atoms with Gasteiger partial charge in [0, 0.05) is 5.57 Å². The molecular weight excluding hydrogens is 318 g/mol. The zero-order chi connectivity index (χ0) is 17.9. The maximum absolute atomic E-state index is 11.2. The molecule has 0 bridgehead atoms. The van der Waals surface area contributed by atoms with Gasteiger partial charge in [0.2, 0.25) is 0 Å². The van der Waals surface area contributed by atoms with Gasteiger partial charge in [-0.05, 0) is 39.0 Å². The van der Waals surface area contributed by atoms with Crippen molar-refractivity contribution in [3.8, 4) is 0 Å². The van der Waals surface area contributed by atoms with Crippen molar-refractivity contribution < 1.29 is 27.0 Å². The highest BCUT2D eigenvalue weighted by molar-refractivity contribution is 7.85. The zero-order valence-electron chi connectivity index (χ0n) is 14.7. The topological polar surface area (TPSA) is 80.7 Å². The molecule has 0 unspecified atom stereocenters. The van der Waals surface area contributed by atoms with E-state index >= 15 is 0 Å². The Hall–Kier alpha value is -0.920. The molecule has 136 valence electrons. The molecule has 0 saturated carbocycles. The van der Waals surface area contributed by atoms with Crippen molar-refractivity contribution in [1.29, 1.82) is 0 Å². The number of hydrogen-bond acceptors (Lipinski definition) is 4. The molecule has 0 rings (SSSR count). The quantitative estimate of drug-likeness (QED) is 0.181. The molecular formula is C16H32NO5S+. The summed E-state index contributed by atoms with van der Waals surface area (Å²) in [6, 6.07) is 0. The molecule has 0 aromatic heterocycles. The van der Waals surface area contributed by atoms with Crippen LogP contribution in [0.15, 0.2) is 12.2 Å². The Kier molecular flexibility index (Phi) is 10.3. The van der Waals surface area contributed by atoms with Crippen molar-refractivity contribution in [2.45, 2.75) is 45.4 Å². The number of quaternary nitrogens is 1. The highest BCUT2D eigenvalue weighted by Crippen LogP contribution is 2.08. The van der Waals surface area contributed by atoms with E-state index in [-0.39, 0.29) is 11.7 Å². The average molecular weight is 351 g/mol. The van der Waals surface area contributed by atoms with E-state index in [1.54, 1.807) is 6.92 Å². The largest absolute Gasteiger partial charge is 0.462 e. The van der Waals surface area contributed by atoms with Crippen LogP contribution >= 0.6 is 0 Å². The summed E-state index contributed by atoms with van der Waals surface area (Å²) in [4.78, 5) is 11.2. The third-order valence-electron chi connectivity index (χ3n) is 3.66. The normalized spacial score (nSPS) is 12.2. The van der Waals surface area contributed by atoms with Gasteiger partial charge in [0.15, 0.2) is 0 Å². The average Bonchev–Trinajstić information content (AvgIpc) is 2.40. The lowest BCUT2D eigenvalue weighted by atomic mass is 10.2. The maximum atomic E-state index is 11.2. The number of carbonyl (C=O) groups excluding carboxylic acids is 1. The van der Waals surface area contributed by atoms with Gasteiger partial charge in [-0.25, -0.2) is 4.79 Å². The highest BCUT2D eigenvalue weighted by Gasteiger charge is 2.14. The van der Waals surface area contributed by atoms with E-state index in [1.807, 2.05) is 0 Å². The maximum Gasteiger partial charge on any atom is 0.333 e. The minimum Gasteiger partial charge on any atom is -0.462 e. The van der Waals surface area contributed by atoms with Crippen molar-refractivity contribution in [2.75, 3.05) is 39.5 Å². The minimum absolute atomic E-state index is 0.145. The molecule has 0 aliphatic rings. The first kappa shape index (κ1) is 22.1. The Morgan fingerprint density at radius 3 is 2.09 bits per heavy atom. The van der Waals surface area contributed by atoms with E-state index in [2.05, 4.69) is 20.7 Å².